The lowest BCUT2D eigenvalue weighted by molar-refractivity contribution is 0.157. The largest absolute Gasteiger partial charge is 0.496 e. The molecule has 0 bridgehead atoms. The van der Waals surface area contributed by atoms with Crippen LogP contribution in [0, 0.1) is 3.57 Å². The van der Waals surface area contributed by atoms with Gasteiger partial charge in [-0.1, -0.05) is 12.1 Å². The second-order valence-electron chi connectivity index (χ2n) is 5.78. The molecule has 5 nitrogen and oxygen atoms in total. The molecule has 0 fully saturated rings. The van der Waals surface area contributed by atoms with Crippen molar-refractivity contribution in [2.45, 2.75) is 33.8 Å². The van der Waals surface area contributed by atoms with Crippen LogP contribution in [0.3, 0.4) is 0 Å². The molecule has 0 aliphatic carbocycles. The molecule has 6 heteroatoms. The number of fused-ring (bicyclic) bond motifs is 1. The molecule has 0 unspecified atom stereocenters. The molecule has 2 aromatic carbocycles. The van der Waals surface area contributed by atoms with Gasteiger partial charge in [-0.15, -0.1) is 0 Å². The average Bonchev–Trinajstić information content (AvgIpc) is 2.57. The molecule has 0 N–H and O–H groups in total. The van der Waals surface area contributed by atoms with Crippen molar-refractivity contribution in [2.75, 3.05) is 20.2 Å². The number of rotatable bonds is 6. The van der Waals surface area contributed by atoms with Crippen LogP contribution in [0.1, 0.15) is 27.7 Å². The zero-order valence-corrected chi connectivity index (χ0v) is 17.4. The van der Waals surface area contributed by atoms with Gasteiger partial charge in [0.25, 0.3) is 0 Å². The summed E-state index contributed by atoms with van der Waals surface area (Å²) in [6.07, 6.45) is -0.333. The average molecular weight is 457 g/mol. The molecule has 0 spiro atoms. The van der Waals surface area contributed by atoms with Crippen LogP contribution < -0.4 is 14.2 Å². The third-order valence-corrected chi connectivity index (χ3v) is 4.59. The molecule has 0 saturated carbocycles. The van der Waals surface area contributed by atoms with Gasteiger partial charge in [0.2, 0.25) is 0 Å². The van der Waals surface area contributed by atoms with Crippen molar-refractivity contribution in [3.8, 4) is 17.2 Å². The molecule has 136 valence electrons. The molecular formula is C19H24INO4. The van der Waals surface area contributed by atoms with Gasteiger partial charge in [-0.2, -0.15) is 0 Å². The molecule has 0 heterocycles. The molecule has 0 aliphatic rings. The Kier molecular flexibility index (Phi) is 6.75. The number of hydrogen-bond donors (Lipinski definition) is 0. The van der Waals surface area contributed by atoms with Crippen LogP contribution in [0.2, 0.25) is 0 Å². The smallest absolute Gasteiger partial charge is 0.415 e. The topological polar surface area (TPSA) is 48.0 Å². The zero-order chi connectivity index (χ0) is 18.6. The van der Waals surface area contributed by atoms with Crippen molar-refractivity contribution < 1.29 is 19.0 Å². The van der Waals surface area contributed by atoms with Gasteiger partial charge >= 0.3 is 6.09 Å². The fraction of sp³-hybridized carbons (Fsp3) is 0.421. The van der Waals surface area contributed by atoms with Crippen molar-refractivity contribution in [1.82, 2.24) is 4.90 Å². The predicted octanol–water partition coefficient (Wildman–Crippen LogP) is 5.08. The van der Waals surface area contributed by atoms with Crippen LogP contribution in [0.4, 0.5) is 4.79 Å². The van der Waals surface area contributed by atoms with E-state index in [1.807, 2.05) is 52.0 Å². The van der Waals surface area contributed by atoms with Gasteiger partial charge < -0.3 is 19.1 Å². The van der Waals surface area contributed by atoms with Crippen LogP contribution in [-0.2, 0) is 0 Å². The highest BCUT2D eigenvalue weighted by Crippen LogP contribution is 2.42. The Balaban J connectivity index is 2.61. The fourth-order valence-electron chi connectivity index (χ4n) is 2.61. The number of amides is 1. The molecule has 0 aromatic heterocycles. The first-order chi connectivity index (χ1) is 11.9. The normalized spacial score (nSPS) is 10.8. The van der Waals surface area contributed by atoms with Crippen LogP contribution in [0.15, 0.2) is 24.3 Å². The molecule has 0 saturated heterocycles. The van der Waals surface area contributed by atoms with E-state index in [0.717, 1.165) is 14.3 Å². The third-order valence-electron chi connectivity index (χ3n) is 3.79. The van der Waals surface area contributed by atoms with Gasteiger partial charge in [0.05, 0.1) is 22.2 Å². The van der Waals surface area contributed by atoms with Crippen LogP contribution >= 0.6 is 22.6 Å². The number of nitrogens with zero attached hydrogens (tertiary/aromatic N) is 1. The summed E-state index contributed by atoms with van der Waals surface area (Å²) in [7, 11) is 1.62. The second kappa shape index (κ2) is 8.60. The predicted molar refractivity (Wildman–Crippen MR) is 108 cm³/mol. The summed E-state index contributed by atoms with van der Waals surface area (Å²) >= 11 is 2.16. The number of carbonyl (C=O) groups excluding carboxylic acids is 1. The lowest BCUT2D eigenvalue weighted by Gasteiger charge is -2.21. The Hall–Kier alpha value is -1.70. The minimum atomic E-state index is -0.357. The minimum Gasteiger partial charge on any atom is -0.496 e. The molecule has 0 atom stereocenters. The van der Waals surface area contributed by atoms with Crippen molar-refractivity contribution in [3.05, 3.63) is 27.8 Å². The molecule has 2 rings (SSSR count). The van der Waals surface area contributed by atoms with Gasteiger partial charge in [0, 0.05) is 18.5 Å². The van der Waals surface area contributed by atoms with E-state index in [2.05, 4.69) is 22.6 Å². The Morgan fingerprint density at radius 3 is 2.44 bits per heavy atom. The number of carbonyl (C=O) groups is 1. The molecular weight excluding hydrogens is 433 g/mol. The first kappa shape index (κ1) is 19.6. The Bertz CT molecular complexity index is 757. The van der Waals surface area contributed by atoms with E-state index in [4.69, 9.17) is 14.2 Å². The highest BCUT2D eigenvalue weighted by Gasteiger charge is 2.21. The first-order valence-corrected chi connectivity index (χ1v) is 9.43. The van der Waals surface area contributed by atoms with Gasteiger partial charge in [-0.25, -0.2) is 4.79 Å². The van der Waals surface area contributed by atoms with E-state index in [9.17, 15) is 4.79 Å². The van der Waals surface area contributed by atoms with Gasteiger partial charge in [-0.3, -0.25) is 0 Å². The third kappa shape index (κ3) is 4.29. The van der Waals surface area contributed by atoms with E-state index in [-0.39, 0.29) is 12.2 Å². The molecule has 2 aromatic rings. The Morgan fingerprint density at radius 1 is 1.20 bits per heavy atom. The van der Waals surface area contributed by atoms with Crippen molar-refractivity contribution in [3.63, 3.8) is 0 Å². The number of benzene rings is 2. The second-order valence-corrected chi connectivity index (χ2v) is 6.94. The molecule has 0 aliphatic heterocycles. The molecule has 1 amide bonds. The van der Waals surface area contributed by atoms with Gasteiger partial charge in [0.1, 0.15) is 11.5 Å². The lowest BCUT2D eigenvalue weighted by Crippen LogP contribution is -2.33. The van der Waals surface area contributed by atoms with Gasteiger partial charge in [-0.05, 0) is 62.4 Å². The number of hydrogen-bond acceptors (Lipinski definition) is 4. The molecule has 0 radical (unpaired) electrons. The number of ether oxygens (including phenoxy) is 3. The van der Waals surface area contributed by atoms with E-state index in [1.54, 1.807) is 12.0 Å². The standard InChI is InChI=1S/C19H24INO4/c1-6-21(7-2)19(22)25-18-13-9-8-10-15(24-12(3)4)17(13)16(23-5)11-14(18)20/h8-12H,6-7H2,1-5H3. The monoisotopic (exact) mass is 457 g/mol. The van der Waals surface area contributed by atoms with E-state index < -0.39 is 0 Å². The lowest BCUT2D eigenvalue weighted by atomic mass is 10.1. The maximum atomic E-state index is 12.4. The fourth-order valence-corrected chi connectivity index (χ4v) is 3.29. The maximum Gasteiger partial charge on any atom is 0.415 e. The summed E-state index contributed by atoms with van der Waals surface area (Å²) in [5.41, 5.74) is 0. The Morgan fingerprint density at radius 2 is 1.88 bits per heavy atom. The summed E-state index contributed by atoms with van der Waals surface area (Å²) in [4.78, 5) is 14.1. The van der Waals surface area contributed by atoms with E-state index in [0.29, 0.717) is 30.3 Å². The summed E-state index contributed by atoms with van der Waals surface area (Å²) < 4.78 is 18.0. The number of methoxy groups -OCH3 is 1. The van der Waals surface area contributed by atoms with Crippen LogP contribution in [0.5, 0.6) is 17.2 Å². The van der Waals surface area contributed by atoms with Crippen molar-refractivity contribution in [2.24, 2.45) is 0 Å². The van der Waals surface area contributed by atoms with E-state index >= 15 is 0 Å². The summed E-state index contributed by atoms with van der Waals surface area (Å²) in [5, 5.41) is 1.60. The van der Waals surface area contributed by atoms with Crippen LogP contribution in [-0.4, -0.2) is 37.3 Å². The Labute approximate surface area is 162 Å². The highest BCUT2D eigenvalue weighted by molar-refractivity contribution is 14.1. The van der Waals surface area contributed by atoms with E-state index in [1.165, 1.54) is 0 Å². The quantitative estimate of drug-likeness (QED) is 0.568. The number of halogens is 1. The SMILES string of the molecule is CCN(CC)C(=O)Oc1c(I)cc(OC)c2c(OC(C)C)cccc12. The molecule has 25 heavy (non-hydrogen) atoms. The zero-order valence-electron chi connectivity index (χ0n) is 15.3. The first-order valence-electron chi connectivity index (χ1n) is 8.35. The summed E-state index contributed by atoms with van der Waals surface area (Å²) in [6, 6.07) is 7.57. The minimum absolute atomic E-state index is 0.0243. The van der Waals surface area contributed by atoms with Gasteiger partial charge in [0.15, 0.2) is 5.75 Å². The van der Waals surface area contributed by atoms with Crippen molar-refractivity contribution >= 4 is 39.5 Å². The summed E-state index contributed by atoms with van der Waals surface area (Å²) in [6.45, 7) is 8.99. The highest BCUT2D eigenvalue weighted by atomic mass is 127. The summed E-state index contributed by atoms with van der Waals surface area (Å²) in [5.74, 6) is 1.93. The van der Waals surface area contributed by atoms with Crippen molar-refractivity contribution in [1.29, 1.82) is 0 Å². The van der Waals surface area contributed by atoms with Crippen LogP contribution in [0.25, 0.3) is 10.8 Å². The maximum absolute atomic E-state index is 12.4.